The van der Waals surface area contributed by atoms with Crippen molar-refractivity contribution in [2.24, 2.45) is 0 Å². The first kappa shape index (κ1) is 22.2. The minimum Gasteiger partial charge on any atom is -0.462 e. The number of nitrogens with zero attached hydrogens (tertiary/aromatic N) is 1. The lowest BCUT2D eigenvalue weighted by Gasteiger charge is -2.12. The molecule has 0 radical (unpaired) electrons. The van der Waals surface area contributed by atoms with Gasteiger partial charge in [0.25, 0.3) is 17.5 Å². The number of ether oxygens (including phenoxy) is 1. The molecule has 0 unspecified atom stereocenters. The SMILES string of the molecule is CCOC(=O)c1ccc(NC(=O)c2ccccc2NC(=O)c2cccc([N+](=O)[O-])c2)cc1. The quantitative estimate of drug-likeness (QED) is 0.325. The Hall–Kier alpha value is -4.53. The Morgan fingerprint density at radius 2 is 1.59 bits per heavy atom. The summed E-state index contributed by atoms with van der Waals surface area (Å²) in [6, 6.07) is 17.8. The monoisotopic (exact) mass is 433 g/mol. The summed E-state index contributed by atoms with van der Waals surface area (Å²) in [5.74, 6) is -1.53. The topological polar surface area (TPSA) is 128 Å². The molecule has 0 spiro atoms. The van der Waals surface area contributed by atoms with Crippen LogP contribution in [0.2, 0.25) is 0 Å². The van der Waals surface area contributed by atoms with E-state index in [9.17, 15) is 24.5 Å². The third-order valence-corrected chi connectivity index (χ3v) is 4.39. The first-order chi connectivity index (χ1) is 15.4. The second-order valence-corrected chi connectivity index (χ2v) is 6.56. The molecule has 3 aromatic carbocycles. The van der Waals surface area contributed by atoms with Gasteiger partial charge < -0.3 is 15.4 Å². The highest BCUT2D eigenvalue weighted by molar-refractivity contribution is 6.12. The van der Waals surface area contributed by atoms with Gasteiger partial charge in [0.1, 0.15) is 0 Å². The fraction of sp³-hybridized carbons (Fsp3) is 0.0870. The fourth-order valence-corrected chi connectivity index (χ4v) is 2.85. The van der Waals surface area contributed by atoms with Gasteiger partial charge in [-0.3, -0.25) is 19.7 Å². The number of benzene rings is 3. The van der Waals surface area contributed by atoms with E-state index in [1.165, 1.54) is 36.4 Å². The Labute approximate surface area is 183 Å². The van der Waals surface area contributed by atoms with E-state index in [-0.39, 0.29) is 29.1 Å². The molecule has 3 rings (SSSR count). The fourth-order valence-electron chi connectivity index (χ4n) is 2.85. The maximum atomic E-state index is 12.8. The van der Waals surface area contributed by atoms with Gasteiger partial charge in [0.05, 0.1) is 28.3 Å². The number of para-hydroxylation sites is 1. The molecule has 0 saturated carbocycles. The maximum absolute atomic E-state index is 12.8. The van der Waals surface area contributed by atoms with Crippen molar-refractivity contribution in [2.45, 2.75) is 6.92 Å². The number of nitrogens with one attached hydrogen (secondary N) is 2. The highest BCUT2D eigenvalue weighted by atomic mass is 16.6. The molecule has 0 aliphatic carbocycles. The number of amides is 2. The first-order valence-electron chi connectivity index (χ1n) is 9.62. The summed E-state index contributed by atoms with van der Waals surface area (Å²) in [6.45, 7) is 1.97. The molecule has 0 aliphatic rings. The van der Waals surface area contributed by atoms with Crippen molar-refractivity contribution < 1.29 is 24.0 Å². The highest BCUT2D eigenvalue weighted by Gasteiger charge is 2.16. The Bertz CT molecular complexity index is 1170. The molecule has 2 N–H and O–H groups in total. The predicted molar refractivity (Wildman–Crippen MR) is 118 cm³/mol. The molecule has 0 bridgehead atoms. The van der Waals surface area contributed by atoms with Crippen LogP contribution < -0.4 is 10.6 Å². The number of esters is 1. The van der Waals surface area contributed by atoms with E-state index in [1.807, 2.05) is 0 Å². The Kier molecular flexibility index (Phi) is 6.92. The predicted octanol–water partition coefficient (Wildman–Crippen LogP) is 4.28. The molecule has 2 amide bonds. The average molecular weight is 433 g/mol. The van der Waals surface area contributed by atoms with Gasteiger partial charge in [-0.05, 0) is 49.4 Å². The molecular formula is C23H19N3O6. The molecule has 3 aromatic rings. The number of rotatable bonds is 7. The maximum Gasteiger partial charge on any atom is 0.338 e. The molecule has 162 valence electrons. The molecule has 0 heterocycles. The van der Waals surface area contributed by atoms with Crippen molar-refractivity contribution in [1.82, 2.24) is 0 Å². The van der Waals surface area contributed by atoms with Gasteiger partial charge in [0, 0.05) is 23.4 Å². The second-order valence-electron chi connectivity index (χ2n) is 6.56. The van der Waals surface area contributed by atoms with Crippen molar-refractivity contribution in [1.29, 1.82) is 0 Å². The zero-order valence-corrected chi connectivity index (χ0v) is 17.0. The van der Waals surface area contributed by atoms with Crippen LogP contribution in [-0.2, 0) is 4.74 Å². The van der Waals surface area contributed by atoms with Crippen LogP contribution in [0, 0.1) is 10.1 Å². The second kappa shape index (κ2) is 9.98. The van der Waals surface area contributed by atoms with Crippen molar-refractivity contribution >= 4 is 34.8 Å². The number of anilines is 2. The summed E-state index contributed by atoms with van der Waals surface area (Å²) in [6.07, 6.45) is 0. The van der Waals surface area contributed by atoms with E-state index in [2.05, 4.69) is 10.6 Å². The van der Waals surface area contributed by atoms with Crippen molar-refractivity contribution in [3.63, 3.8) is 0 Å². The van der Waals surface area contributed by atoms with Gasteiger partial charge in [-0.15, -0.1) is 0 Å². The number of hydrogen-bond acceptors (Lipinski definition) is 6. The van der Waals surface area contributed by atoms with Crippen LogP contribution in [0.3, 0.4) is 0 Å². The number of hydrogen-bond donors (Lipinski definition) is 2. The third kappa shape index (κ3) is 5.33. The van der Waals surface area contributed by atoms with Gasteiger partial charge in [-0.1, -0.05) is 18.2 Å². The number of nitro benzene ring substituents is 1. The normalized spacial score (nSPS) is 10.2. The van der Waals surface area contributed by atoms with E-state index in [0.29, 0.717) is 11.3 Å². The van der Waals surface area contributed by atoms with Crippen LogP contribution in [0.1, 0.15) is 38.0 Å². The molecule has 9 nitrogen and oxygen atoms in total. The largest absolute Gasteiger partial charge is 0.462 e. The van der Waals surface area contributed by atoms with Crippen LogP contribution >= 0.6 is 0 Å². The summed E-state index contributed by atoms with van der Waals surface area (Å²) >= 11 is 0. The molecule has 32 heavy (non-hydrogen) atoms. The van der Waals surface area contributed by atoms with Gasteiger partial charge in [-0.2, -0.15) is 0 Å². The Morgan fingerprint density at radius 1 is 0.875 bits per heavy atom. The summed E-state index contributed by atoms with van der Waals surface area (Å²) in [7, 11) is 0. The Balaban J connectivity index is 1.75. The van der Waals surface area contributed by atoms with Crippen molar-refractivity contribution in [3.8, 4) is 0 Å². The van der Waals surface area contributed by atoms with Crippen LogP contribution in [-0.4, -0.2) is 29.3 Å². The lowest BCUT2D eigenvalue weighted by atomic mass is 10.1. The Morgan fingerprint density at radius 3 is 2.28 bits per heavy atom. The minimum absolute atomic E-state index is 0.0870. The van der Waals surface area contributed by atoms with Gasteiger partial charge in [0.2, 0.25) is 0 Å². The van der Waals surface area contributed by atoms with Crippen LogP contribution in [0.25, 0.3) is 0 Å². The summed E-state index contributed by atoms with van der Waals surface area (Å²) < 4.78 is 4.92. The first-order valence-corrected chi connectivity index (χ1v) is 9.62. The molecular weight excluding hydrogens is 414 g/mol. The van der Waals surface area contributed by atoms with Crippen molar-refractivity contribution in [2.75, 3.05) is 17.2 Å². The molecule has 0 fully saturated rings. The van der Waals surface area contributed by atoms with E-state index < -0.39 is 22.7 Å². The van der Waals surface area contributed by atoms with Gasteiger partial charge in [0.15, 0.2) is 0 Å². The lowest BCUT2D eigenvalue weighted by Crippen LogP contribution is -2.18. The molecule has 0 aliphatic heterocycles. The summed E-state index contributed by atoms with van der Waals surface area (Å²) in [4.78, 5) is 47.4. The molecule has 9 heteroatoms. The smallest absolute Gasteiger partial charge is 0.338 e. The van der Waals surface area contributed by atoms with Gasteiger partial charge >= 0.3 is 5.97 Å². The summed E-state index contributed by atoms with van der Waals surface area (Å²) in [5, 5.41) is 16.3. The number of nitro groups is 1. The molecule has 0 atom stereocenters. The van der Waals surface area contributed by atoms with E-state index in [1.54, 1.807) is 37.3 Å². The zero-order valence-electron chi connectivity index (χ0n) is 17.0. The van der Waals surface area contributed by atoms with Crippen molar-refractivity contribution in [3.05, 3.63) is 99.6 Å². The van der Waals surface area contributed by atoms with Gasteiger partial charge in [-0.25, -0.2) is 4.79 Å². The minimum atomic E-state index is -0.592. The van der Waals surface area contributed by atoms with Crippen LogP contribution in [0.15, 0.2) is 72.8 Å². The molecule has 0 saturated heterocycles. The number of non-ortho nitro benzene ring substituents is 1. The van der Waals surface area contributed by atoms with E-state index in [4.69, 9.17) is 4.74 Å². The highest BCUT2D eigenvalue weighted by Crippen LogP contribution is 2.20. The lowest BCUT2D eigenvalue weighted by molar-refractivity contribution is -0.384. The van der Waals surface area contributed by atoms with E-state index >= 15 is 0 Å². The molecule has 0 aromatic heterocycles. The summed E-state index contributed by atoms with van der Waals surface area (Å²) in [5.41, 5.74) is 1.11. The number of carbonyl (C=O) groups is 3. The van der Waals surface area contributed by atoms with Crippen LogP contribution in [0.5, 0.6) is 0 Å². The third-order valence-electron chi connectivity index (χ3n) is 4.39. The van der Waals surface area contributed by atoms with Crippen LogP contribution in [0.4, 0.5) is 17.1 Å². The zero-order chi connectivity index (χ0) is 23.1. The van der Waals surface area contributed by atoms with E-state index in [0.717, 1.165) is 6.07 Å². The average Bonchev–Trinajstić information content (AvgIpc) is 2.80. The standard InChI is InChI=1S/C23H19N3O6/c1-2-32-23(29)15-10-12-17(13-11-15)24-22(28)19-8-3-4-9-20(19)25-21(27)16-6-5-7-18(14-16)26(30)31/h3-14H,2H2,1H3,(H,24,28)(H,25,27). The number of carbonyl (C=O) groups excluding carboxylic acids is 3.